The average molecular weight is 429 g/mol. The number of amides is 1. The van der Waals surface area contributed by atoms with Crippen molar-refractivity contribution in [2.75, 3.05) is 28.6 Å². The molecule has 0 bridgehead atoms. The van der Waals surface area contributed by atoms with Crippen molar-refractivity contribution in [3.63, 3.8) is 0 Å². The van der Waals surface area contributed by atoms with Gasteiger partial charge in [0, 0.05) is 36.5 Å². The molecule has 0 saturated heterocycles. The first kappa shape index (κ1) is 21.2. The monoisotopic (exact) mass is 428 g/mol. The lowest BCUT2D eigenvalue weighted by molar-refractivity contribution is -0.114. The molecular weight excluding hydrogens is 404 g/mol. The maximum Gasteiger partial charge on any atom is 0.232 e. The van der Waals surface area contributed by atoms with Crippen molar-refractivity contribution < 1.29 is 4.79 Å². The van der Waals surface area contributed by atoms with Crippen LogP contribution in [0, 0.1) is 18.3 Å². The summed E-state index contributed by atoms with van der Waals surface area (Å²) in [7, 11) is 0. The van der Waals surface area contributed by atoms with Gasteiger partial charge < -0.3 is 15.5 Å². The Bertz CT molecular complexity index is 1160. The molecule has 1 aromatic carbocycles. The highest BCUT2D eigenvalue weighted by molar-refractivity contribution is 5.90. The van der Waals surface area contributed by atoms with Gasteiger partial charge in [-0.15, -0.1) is 0 Å². The SMILES string of the molecule is CC(=O)Nc1cccc(Nc2ncnc(N3CC(C#N)=CCC3C3=CCN=CC3)n2)c1C. The molecule has 162 valence electrons. The third-order valence-electron chi connectivity index (χ3n) is 5.50. The molecule has 0 fully saturated rings. The fraction of sp³-hybridized carbons (Fsp3) is 0.304. The van der Waals surface area contributed by atoms with E-state index in [4.69, 9.17) is 0 Å². The molecule has 9 heteroatoms. The number of hydrogen-bond acceptors (Lipinski definition) is 8. The minimum Gasteiger partial charge on any atom is -0.329 e. The molecule has 9 nitrogen and oxygen atoms in total. The van der Waals surface area contributed by atoms with Crippen LogP contribution in [0.2, 0.25) is 0 Å². The number of carbonyl (C=O) groups is 1. The van der Waals surface area contributed by atoms with Crippen LogP contribution in [0.1, 0.15) is 25.3 Å². The second-order valence-electron chi connectivity index (χ2n) is 7.64. The predicted octanol–water partition coefficient (Wildman–Crippen LogP) is 3.31. The Labute approximate surface area is 186 Å². The molecule has 2 aliphatic rings. The number of carbonyl (C=O) groups excluding carboxylic acids is 1. The molecule has 2 N–H and O–H groups in total. The highest BCUT2D eigenvalue weighted by Gasteiger charge is 2.29. The Morgan fingerprint density at radius 2 is 2.09 bits per heavy atom. The van der Waals surface area contributed by atoms with Crippen LogP contribution in [0.15, 0.2) is 52.8 Å². The van der Waals surface area contributed by atoms with Crippen molar-refractivity contribution in [2.45, 2.75) is 32.7 Å². The van der Waals surface area contributed by atoms with E-state index < -0.39 is 0 Å². The summed E-state index contributed by atoms with van der Waals surface area (Å²) in [4.78, 5) is 31.1. The smallest absolute Gasteiger partial charge is 0.232 e. The van der Waals surface area contributed by atoms with Crippen molar-refractivity contribution in [3.05, 3.63) is 53.4 Å². The molecule has 0 radical (unpaired) electrons. The lowest BCUT2D eigenvalue weighted by Gasteiger charge is -2.36. The van der Waals surface area contributed by atoms with E-state index in [0.29, 0.717) is 30.6 Å². The molecule has 0 saturated carbocycles. The number of benzene rings is 1. The second-order valence-corrected chi connectivity index (χ2v) is 7.64. The zero-order valence-corrected chi connectivity index (χ0v) is 18.0. The first-order valence-electron chi connectivity index (χ1n) is 10.4. The summed E-state index contributed by atoms with van der Waals surface area (Å²) < 4.78 is 0. The van der Waals surface area contributed by atoms with E-state index in [1.165, 1.54) is 18.8 Å². The maximum absolute atomic E-state index is 11.5. The van der Waals surface area contributed by atoms with E-state index in [-0.39, 0.29) is 11.9 Å². The molecule has 1 amide bonds. The van der Waals surface area contributed by atoms with Crippen LogP contribution in [-0.4, -0.2) is 46.2 Å². The van der Waals surface area contributed by atoms with E-state index in [2.05, 4.69) is 47.6 Å². The third kappa shape index (κ3) is 4.64. The number of nitrogens with zero attached hydrogens (tertiary/aromatic N) is 6. The van der Waals surface area contributed by atoms with Crippen LogP contribution >= 0.6 is 0 Å². The van der Waals surface area contributed by atoms with Gasteiger partial charge in [0.1, 0.15) is 6.33 Å². The van der Waals surface area contributed by atoms with Crippen LogP contribution in [0.4, 0.5) is 23.3 Å². The number of aromatic nitrogens is 3. The summed E-state index contributed by atoms with van der Waals surface area (Å²) in [5.41, 5.74) is 4.33. The standard InChI is InChI=1S/C23H24N8O/c1-15-19(28-16(2)32)4-3-5-20(15)29-22-26-14-27-23(30-22)31-13-17(12-24)6-7-21(31)18-8-10-25-11-9-18/h3-6,8,11,14,21H,7,9-10,13H2,1-2H3,(H,28,32)(H,26,27,29,30). The quantitative estimate of drug-likeness (QED) is 0.701. The summed E-state index contributed by atoms with van der Waals surface area (Å²) in [6.07, 6.45) is 9.03. The van der Waals surface area contributed by atoms with Gasteiger partial charge in [0.25, 0.3) is 0 Å². The topological polar surface area (TPSA) is 119 Å². The van der Waals surface area contributed by atoms with Gasteiger partial charge in [-0.3, -0.25) is 9.79 Å². The van der Waals surface area contributed by atoms with Crippen molar-refractivity contribution in [2.24, 2.45) is 4.99 Å². The first-order chi connectivity index (χ1) is 15.5. The number of nitrogens with one attached hydrogen (secondary N) is 2. The van der Waals surface area contributed by atoms with Gasteiger partial charge in [-0.25, -0.2) is 9.97 Å². The van der Waals surface area contributed by atoms with E-state index >= 15 is 0 Å². The predicted molar refractivity (Wildman–Crippen MR) is 124 cm³/mol. The molecule has 4 rings (SSSR count). The van der Waals surface area contributed by atoms with Crippen LogP contribution in [0.5, 0.6) is 0 Å². The van der Waals surface area contributed by atoms with E-state index in [9.17, 15) is 10.1 Å². The van der Waals surface area contributed by atoms with Gasteiger partial charge in [-0.2, -0.15) is 10.2 Å². The lowest BCUT2D eigenvalue weighted by Crippen LogP contribution is -2.42. The summed E-state index contributed by atoms with van der Waals surface area (Å²) in [5, 5.41) is 15.5. The molecule has 1 aromatic heterocycles. The zero-order valence-electron chi connectivity index (χ0n) is 18.0. The number of hydrogen-bond donors (Lipinski definition) is 2. The molecule has 0 spiro atoms. The fourth-order valence-electron chi connectivity index (χ4n) is 3.85. The average Bonchev–Trinajstić information content (AvgIpc) is 2.82. The lowest BCUT2D eigenvalue weighted by atomic mass is 9.93. The summed E-state index contributed by atoms with van der Waals surface area (Å²) >= 11 is 0. The fourth-order valence-corrected chi connectivity index (χ4v) is 3.85. The summed E-state index contributed by atoms with van der Waals surface area (Å²) in [5.74, 6) is 0.767. The number of dihydropyridines is 1. The van der Waals surface area contributed by atoms with Crippen molar-refractivity contribution in [1.82, 2.24) is 15.0 Å². The van der Waals surface area contributed by atoms with E-state index in [0.717, 1.165) is 29.8 Å². The van der Waals surface area contributed by atoms with Crippen molar-refractivity contribution in [1.29, 1.82) is 5.26 Å². The molecule has 1 atom stereocenters. The van der Waals surface area contributed by atoms with Crippen molar-refractivity contribution >= 4 is 35.4 Å². The molecule has 2 aromatic rings. The normalized spacial score (nSPS) is 17.8. The zero-order chi connectivity index (χ0) is 22.5. The van der Waals surface area contributed by atoms with Gasteiger partial charge in [0.2, 0.25) is 17.8 Å². The second kappa shape index (κ2) is 9.39. The number of anilines is 4. The molecule has 2 aliphatic heterocycles. The van der Waals surface area contributed by atoms with Gasteiger partial charge in [0.05, 0.1) is 25.2 Å². The molecule has 3 heterocycles. The van der Waals surface area contributed by atoms with Gasteiger partial charge in [-0.1, -0.05) is 18.2 Å². The largest absolute Gasteiger partial charge is 0.329 e. The van der Waals surface area contributed by atoms with E-state index in [1.54, 1.807) is 0 Å². The number of nitriles is 1. The van der Waals surface area contributed by atoms with Crippen LogP contribution in [0.25, 0.3) is 0 Å². The maximum atomic E-state index is 11.5. The van der Waals surface area contributed by atoms with Gasteiger partial charge >= 0.3 is 0 Å². The van der Waals surface area contributed by atoms with Crippen LogP contribution < -0.4 is 15.5 Å². The van der Waals surface area contributed by atoms with Gasteiger partial charge in [0.15, 0.2) is 0 Å². The minimum atomic E-state index is -0.132. The van der Waals surface area contributed by atoms with E-state index in [1.807, 2.05) is 37.4 Å². The van der Waals surface area contributed by atoms with Crippen LogP contribution in [-0.2, 0) is 4.79 Å². The highest BCUT2D eigenvalue weighted by Crippen LogP contribution is 2.29. The molecule has 32 heavy (non-hydrogen) atoms. The van der Waals surface area contributed by atoms with Gasteiger partial charge in [-0.05, 0) is 36.6 Å². The Kier molecular flexibility index (Phi) is 6.22. The van der Waals surface area contributed by atoms with Crippen LogP contribution in [0.3, 0.4) is 0 Å². The Morgan fingerprint density at radius 3 is 2.84 bits per heavy atom. The van der Waals surface area contributed by atoms with Crippen molar-refractivity contribution in [3.8, 4) is 6.07 Å². The highest BCUT2D eigenvalue weighted by atomic mass is 16.1. The number of aliphatic imine (C=N–C) groups is 1. The Balaban J connectivity index is 1.62. The summed E-state index contributed by atoms with van der Waals surface area (Å²) in [6, 6.07) is 7.93. The summed E-state index contributed by atoms with van der Waals surface area (Å²) in [6.45, 7) is 4.50. The minimum absolute atomic E-state index is 0.0685. The Hall–Kier alpha value is -4.06. The number of rotatable bonds is 5. The third-order valence-corrected chi connectivity index (χ3v) is 5.50. The first-order valence-corrected chi connectivity index (χ1v) is 10.4. The molecular formula is C23H24N8O. The Morgan fingerprint density at radius 1 is 1.25 bits per heavy atom. The molecule has 0 aliphatic carbocycles. The molecule has 1 unspecified atom stereocenters.